The minimum atomic E-state index is -0.233. The van der Waals surface area contributed by atoms with Crippen molar-refractivity contribution >= 4 is 17.5 Å². The van der Waals surface area contributed by atoms with Crippen molar-refractivity contribution in [3.05, 3.63) is 29.8 Å². The Morgan fingerprint density at radius 1 is 1.05 bits per heavy atom. The molecule has 2 amide bonds. The highest BCUT2D eigenvalue weighted by Gasteiger charge is 2.25. The number of hydrogen-bond acceptors (Lipinski definition) is 3. The fraction of sp³-hybridized carbons (Fsp3) is 0.429. The summed E-state index contributed by atoms with van der Waals surface area (Å²) < 4.78 is 0. The summed E-state index contributed by atoms with van der Waals surface area (Å²) >= 11 is 0. The van der Waals surface area contributed by atoms with Crippen molar-refractivity contribution in [2.45, 2.75) is 31.7 Å². The van der Waals surface area contributed by atoms with Gasteiger partial charge >= 0.3 is 0 Å². The zero-order chi connectivity index (χ0) is 13.8. The molecule has 1 aromatic rings. The van der Waals surface area contributed by atoms with E-state index in [1.165, 1.54) is 0 Å². The predicted octanol–water partition coefficient (Wildman–Crippen LogP) is 1.04. The molecule has 102 valence electrons. The SMILES string of the molecule is NC(=O)C1CCC(NC(=O)c2ccc(N)cc2)CC1. The summed E-state index contributed by atoms with van der Waals surface area (Å²) in [6.07, 6.45) is 3.10. The van der Waals surface area contributed by atoms with Crippen molar-refractivity contribution in [3.8, 4) is 0 Å². The topological polar surface area (TPSA) is 98.2 Å². The second-order valence-corrected chi connectivity index (χ2v) is 5.05. The van der Waals surface area contributed by atoms with E-state index in [0.717, 1.165) is 25.7 Å². The molecule has 0 unspecified atom stereocenters. The van der Waals surface area contributed by atoms with E-state index in [4.69, 9.17) is 11.5 Å². The van der Waals surface area contributed by atoms with E-state index >= 15 is 0 Å². The van der Waals surface area contributed by atoms with Gasteiger partial charge in [-0.25, -0.2) is 0 Å². The maximum Gasteiger partial charge on any atom is 0.251 e. The molecule has 0 atom stereocenters. The van der Waals surface area contributed by atoms with Crippen LogP contribution >= 0.6 is 0 Å². The Hall–Kier alpha value is -2.04. The van der Waals surface area contributed by atoms with Gasteiger partial charge < -0.3 is 16.8 Å². The quantitative estimate of drug-likeness (QED) is 0.709. The number of hydrogen-bond donors (Lipinski definition) is 3. The number of anilines is 1. The van der Waals surface area contributed by atoms with Gasteiger partial charge in [-0.1, -0.05) is 0 Å². The third-order valence-corrected chi connectivity index (χ3v) is 3.64. The monoisotopic (exact) mass is 261 g/mol. The Morgan fingerprint density at radius 2 is 1.63 bits per heavy atom. The number of primary amides is 1. The molecule has 0 bridgehead atoms. The maximum absolute atomic E-state index is 12.0. The summed E-state index contributed by atoms with van der Waals surface area (Å²) in [5.41, 5.74) is 12.1. The van der Waals surface area contributed by atoms with Gasteiger partial charge in [0.15, 0.2) is 0 Å². The highest BCUT2D eigenvalue weighted by molar-refractivity contribution is 5.94. The first-order chi connectivity index (χ1) is 9.06. The van der Waals surface area contributed by atoms with E-state index in [-0.39, 0.29) is 23.8 Å². The Morgan fingerprint density at radius 3 is 2.16 bits per heavy atom. The van der Waals surface area contributed by atoms with Crippen LogP contribution in [0.4, 0.5) is 5.69 Å². The molecule has 5 nitrogen and oxygen atoms in total. The Kier molecular flexibility index (Phi) is 4.04. The van der Waals surface area contributed by atoms with Gasteiger partial charge in [-0.2, -0.15) is 0 Å². The summed E-state index contributed by atoms with van der Waals surface area (Å²) in [4.78, 5) is 23.1. The molecule has 1 aliphatic carbocycles. The van der Waals surface area contributed by atoms with Gasteiger partial charge in [0.1, 0.15) is 0 Å². The molecule has 0 radical (unpaired) electrons. The van der Waals surface area contributed by atoms with Gasteiger partial charge in [-0.3, -0.25) is 9.59 Å². The molecule has 0 saturated heterocycles. The second-order valence-electron chi connectivity index (χ2n) is 5.05. The first-order valence-corrected chi connectivity index (χ1v) is 6.52. The van der Waals surface area contributed by atoms with Crippen molar-refractivity contribution < 1.29 is 9.59 Å². The number of amides is 2. The fourth-order valence-electron chi connectivity index (χ4n) is 2.43. The van der Waals surface area contributed by atoms with E-state index in [1.54, 1.807) is 24.3 Å². The molecule has 1 aliphatic rings. The zero-order valence-electron chi connectivity index (χ0n) is 10.8. The van der Waals surface area contributed by atoms with Crippen LogP contribution in [-0.4, -0.2) is 17.9 Å². The lowest BCUT2D eigenvalue weighted by molar-refractivity contribution is -0.122. The number of carbonyl (C=O) groups excluding carboxylic acids is 2. The largest absolute Gasteiger partial charge is 0.399 e. The Labute approximate surface area is 112 Å². The van der Waals surface area contributed by atoms with E-state index in [9.17, 15) is 9.59 Å². The fourth-order valence-corrected chi connectivity index (χ4v) is 2.43. The molecule has 19 heavy (non-hydrogen) atoms. The van der Waals surface area contributed by atoms with Crippen molar-refractivity contribution in [2.75, 3.05) is 5.73 Å². The minimum absolute atomic E-state index is 0.0373. The first kappa shape index (κ1) is 13.4. The van der Waals surface area contributed by atoms with Gasteiger partial charge in [-0.15, -0.1) is 0 Å². The molecule has 0 heterocycles. The van der Waals surface area contributed by atoms with Gasteiger partial charge in [0.2, 0.25) is 5.91 Å². The number of nitrogens with two attached hydrogens (primary N) is 2. The summed E-state index contributed by atoms with van der Waals surface area (Å²) in [6, 6.07) is 6.96. The zero-order valence-corrected chi connectivity index (χ0v) is 10.8. The number of nitrogen functional groups attached to an aromatic ring is 1. The van der Waals surface area contributed by atoms with Gasteiger partial charge in [0, 0.05) is 23.2 Å². The van der Waals surface area contributed by atoms with Gasteiger partial charge in [0.05, 0.1) is 0 Å². The smallest absolute Gasteiger partial charge is 0.251 e. The lowest BCUT2D eigenvalue weighted by Crippen LogP contribution is -2.39. The molecule has 1 fully saturated rings. The number of carbonyl (C=O) groups is 2. The number of nitrogens with one attached hydrogen (secondary N) is 1. The standard InChI is InChI=1S/C14H19N3O2/c15-11-5-1-10(2-6-11)14(19)17-12-7-3-9(4-8-12)13(16)18/h1-2,5-6,9,12H,3-4,7-8,15H2,(H2,16,18)(H,17,19). The average molecular weight is 261 g/mol. The summed E-state index contributed by atoms with van der Waals surface area (Å²) in [5.74, 6) is -0.365. The van der Waals surface area contributed by atoms with Crippen LogP contribution in [0.2, 0.25) is 0 Å². The Balaban J connectivity index is 1.87. The van der Waals surface area contributed by atoms with Crippen molar-refractivity contribution in [1.29, 1.82) is 0 Å². The summed E-state index contributed by atoms with van der Waals surface area (Å²) in [7, 11) is 0. The highest BCUT2D eigenvalue weighted by atomic mass is 16.2. The minimum Gasteiger partial charge on any atom is -0.399 e. The van der Waals surface area contributed by atoms with Gasteiger partial charge in [-0.05, 0) is 49.9 Å². The molecular weight excluding hydrogens is 242 g/mol. The van der Waals surface area contributed by atoms with Crippen LogP contribution in [0.3, 0.4) is 0 Å². The van der Waals surface area contributed by atoms with E-state index in [2.05, 4.69) is 5.32 Å². The maximum atomic E-state index is 12.0. The molecule has 5 heteroatoms. The summed E-state index contributed by atoms with van der Waals surface area (Å²) in [6.45, 7) is 0. The normalized spacial score (nSPS) is 22.7. The average Bonchev–Trinajstić information content (AvgIpc) is 2.40. The molecule has 2 rings (SSSR count). The molecule has 0 aromatic heterocycles. The lowest BCUT2D eigenvalue weighted by atomic mass is 9.85. The van der Waals surface area contributed by atoms with E-state index < -0.39 is 0 Å². The van der Waals surface area contributed by atoms with Gasteiger partial charge in [0.25, 0.3) is 5.91 Å². The lowest BCUT2D eigenvalue weighted by Gasteiger charge is -2.27. The molecule has 1 saturated carbocycles. The van der Waals surface area contributed by atoms with Crippen LogP contribution in [0.5, 0.6) is 0 Å². The molecule has 5 N–H and O–H groups in total. The number of benzene rings is 1. The van der Waals surface area contributed by atoms with Crippen LogP contribution in [0.25, 0.3) is 0 Å². The van der Waals surface area contributed by atoms with E-state index in [1.807, 2.05) is 0 Å². The molecule has 1 aromatic carbocycles. The first-order valence-electron chi connectivity index (χ1n) is 6.52. The third kappa shape index (κ3) is 3.47. The predicted molar refractivity (Wildman–Crippen MR) is 73.3 cm³/mol. The van der Waals surface area contributed by atoms with Crippen molar-refractivity contribution in [2.24, 2.45) is 11.7 Å². The van der Waals surface area contributed by atoms with Crippen molar-refractivity contribution in [3.63, 3.8) is 0 Å². The second kappa shape index (κ2) is 5.73. The van der Waals surface area contributed by atoms with Crippen LogP contribution in [0.15, 0.2) is 24.3 Å². The molecule has 0 aliphatic heterocycles. The molecular formula is C14H19N3O2. The van der Waals surface area contributed by atoms with E-state index in [0.29, 0.717) is 11.3 Å². The highest BCUT2D eigenvalue weighted by Crippen LogP contribution is 2.24. The van der Waals surface area contributed by atoms with Crippen molar-refractivity contribution in [1.82, 2.24) is 5.32 Å². The van der Waals surface area contributed by atoms with Crippen LogP contribution in [0, 0.1) is 5.92 Å². The van der Waals surface area contributed by atoms with Crippen LogP contribution in [-0.2, 0) is 4.79 Å². The summed E-state index contributed by atoms with van der Waals surface area (Å²) in [5, 5.41) is 2.98. The third-order valence-electron chi connectivity index (χ3n) is 3.64. The number of rotatable bonds is 3. The molecule has 0 spiro atoms. The van der Waals surface area contributed by atoms with Crippen LogP contribution in [0.1, 0.15) is 36.0 Å². The van der Waals surface area contributed by atoms with Crippen LogP contribution < -0.4 is 16.8 Å². The Bertz CT molecular complexity index is 462.